The van der Waals surface area contributed by atoms with Crippen molar-refractivity contribution in [1.29, 1.82) is 0 Å². The molecule has 0 radical (unpaired) electrons. The second-order valence-electron chi connectivity index (χ2n) is 10.2. The molecule has 0 spiro atoms. The van der Waals surface area contributed by atoms with E-state index in [0.717, 1.165) is 47.0 Å². The molecule has 0 saturated heterocycles. The zero-order valence-corrected chi connectivity index (χ0v) is 22.2. The van der Waals surface area contributed by atoms with Crippen LogP contribution in [0.1, 0.15) is 29.5 Å². The molecule has 1 heterocycles. The monoisotopic (exact) mass is 520 g/mol. The van der Waals surface area contributed by atoms with Gasteiger partial charge >= 0.3 is 0 Å². The zero-order valence-electron chi connectivity index (χ0n) is 22.2. The van der Waals surface area contributed by atoms with Crippen molar-refractivity contribution in [2.45, 2.75) is 38.5 Å². The van der Waals surface area contributed by atoms with Gasteiger partial charge in [0.05, 0.1) is 18.3 Å². The Kier molecular flexibility index (Phi) is 7.33. The van der Waals surface area contributed by atoms with Crippen LogP contribution in [0, 0.1) is 5.82 Å². The van der Waals surface area contributed by atoms with E-state index in [2.05, 4.69) is 34.1 Å². The number of aromatic nitrogens is 1. The second-order valence-corrected chi connectivity index (χ2v) is 10.2. The lowest BCUT2D eigenvalue weighted by atomic mass is 10.1. The van der Waals surface area contributed by atoms with Gasteiger partial charge in [0.15, 0.2) is 5.82 Å². The van der Waals surface area contributed by atoms with Gasteiger partial charge in [0.25, 0.3) is 0 Å². The summed E-state index contributed by atoms with van der Waals surface area (Å²) in [7, 11) is 1.63. The number of nitrogens with one attached hydrogen (secondary N) is 1. The molecular formula is C34H33FN2O2. The average molecular weight is 521 g/mol. The van der Waals surface area contributed by atoms with Crippen LogP contribution in [0.25, 0.3) is 22.2 Å². The Balaban J connectivity index is 1.31. The number of fused-ring (bicyclic) bond motifs is 1. The fraction of sp³-hybridized carbons (Fsp3) is 0.235. The first kappa shape index (κ1) is 25.2. The third kappa shape index (κ3) is 5.84. The Labute approximate surface area is 229 Å². The lowest BCUT2D eigenvalue weighted by Crippen LogP contribution is -2.19. The molecule has 1 fully saturated rings. The topological polar surface area (TPSA) is 35.4 Å². The average Bonchev–Trinajstić information content (AvgIpc) is 3.77. The van der Waals surface area contributed by atoms with Crippen molar-refractivity contribution < 1.29 is 13.9 Å². The van der Waals surface area contributed by atoms with Gasteiger partial charge < -0.3 is 19.4 Å². The summed E-state index contributed by atoms with van der Waals surface area (Å²) in [6, 6.07) is 32.7. The number of hydrogen-bond acceptors (Lipinski definition) is 3. The highest BCUT2D eigenvalue weighted by Crippen LogP contribution is 2.36. The van der Waals surface area contributed by atoms with Crippen LogP contribution in [0.5, 0.6) is 11.5 Å². The maximum absolute atomic E-state index is 16.2. The third-order valence-corrected chi connectivity index (χ3v) is 7.37. The minimum atomic E-state index is -0.247. The van der Waals surface area contributed by atoms with E-state index in [4.69, 9.17) is 9.47 Å². The molecule has 1 N–H and O–H groups in total. The van der Waals surface area contributed by atoms with Gasteiger partial charge in [-0.25, -0.2) is 4.39 Å². The van der Waals surface area contributed by atoms with Crippen molar-refractivity contribution in [3.05, 3.63) is 120 Å². The molecule has 4 aromatic carbocycles. The minimum Gasteiger partial charge on any atom is -0.497 e. The molecule has 0 aliphatic heterocycles. The summed E-state index contributed by atoms with van der Waals surface area (Å²) in [5.74, 6) is 1.14. The van der Waals surface area contributed by atoms with Gasteiger partial charge in [-0.2, -0.15) is 0 Å². The summed E-state index contributed by atoms with van der Waals surface area (Å²) in [6.45, 7) is 2.00. The third-order valence-electron chi connectivity index (χ3n) is 7.37. The van der Waals surface area contributed by atoms with Gasteiger partial charge in [-0.1, -0.05) is 54.6 Å². The largest absolute Gasteiger partial charge is 0.497 e. The van der Waals surface area contributed by atoms with E-state index in [1.165, 1.54) is 18.4 Å². The maximum atomic E-state index is 16.2. The highest BCUT2D eigenvalue weighted by molar-refractivity contribution is 5.89. The van der Waals surface area contributed by atoms with Gasteiger partial charge in [0.1, 0.15) is 18.1 Å². The van der Waals surface area contributed by atoms with Crippen molar-refractivity contribution in [3.63, 3.8) is 0 Å². The number of rotatable bonds is 11. The number of benzene rings is 4. The van der Waals surface area contributed by atoms with Crippen molar-refractivity contribution in [2.75, 3.05) is 13.7 Å². The Morgan fingerprint density at radius 3 is 2.26 bits per heavy atom. The minimum absolute atomic E-state index is 0.247. The predicted octanol–water partition coefficient (Wildman–Crippen LogP) is 7.38. The molecule has 1 saturated carbocycles. The van der Waals surface area contributed by atoms with Gasteiger partial charge in [-0.15, -0.1) is 0 Å². The first-order chi connectivity index (χ1) is 19.2. The fourth-order valence-corrected chi connectivity index (χ4v) is 5.02. The second kappa shape index (κ2) is 11.3. The molecule has 5 aromatic rings. The highest BCUT2D eigenvalue weighted by Gasteiger charge is 2.21. The Morgan fingerprint density at radius 2 is 1.54 bits per heavy atom. The van der Waals surface area contributed by atoms with Crippen LogP contribution in [0.2, 0.25) is 0 Å². The van der Waals surface area contributed by atoms with Crippen LogP contribution in [-0.2, 0) is 19.6 Å². The van der Waals surface area contributed by atoms with E-state index < -0.39 is 0 Å². The normalized spacial score (nSPS) is 13.1. The number of halogens is 1. The zero-order chi connectivity index (χ0) is 26.6. The van der Waals surface area contributed by atoms with Crippen LogP contribution in [0.4, 0.5) is 4.39 Å². The number of nitrogens with zero attached hydrogens (tertiary/aromatic N) is 1. The SMILES string of the molecule is COc1ccc(-c2c(F)c3cc(OCc4ccccc4)ccc3n2Cc2ccc(CCNC3CC3)cc2)cc1. The van der Waals surface area contributed by atoms with E-state index in [1.807, 2.05) is 72.8 Å². The molecule has 1 aliphatic carbocycles. The quantitative estimate of drug-likeness (QED) is 0.197. The summed E-state index contributed by atoms with van der Waals surface area (Å²) in [5.41, 5.74) is 5.71. The van der Waals surface area contributed by atoms with E-state index in [1.54, 1.807) is 7.11 Å². The van der Waals surface area contributed by atoms with Crippen molar-refractivity contribution in [2.24, 2.45) is 0 Å². The standard InChI is InChI=1S/C34H33FN2O2/c1-38-29-15-11-27(12-16-29)34-33(35)31-21-30(39-23-26-5-3-2-4-6-26)17-18-32(31)37(34)22-25-9-7-24(8-10-25)19-20-36-28-13-14-28/h2-12,15-18,21,28,36H,13-14,19-20,22-23H2,1H3. The summed E-state index contributed by atoms with van der Waals surface area (Å²) in [5, 5.41) is 4.12. The Bertz CT molecular complexity index is 1540. The van der Waals surface area contributed by atoms with Crippen LogP contribution in [0.3, 0.4) is 0 Å². The van der Waals surface area contributed by atoms with Crippen LogP contribution in [-0.4, -0.2) is 24.3 Å². The Morgan fingerprint density at radius 1 is 0.821 bits per heavy atom. The molecule has 198 valence electrons. The first-order valence-electron chi connectivity index (χ1n) is 13.6. The smallest absolute Gasteiger partial charge is 0.156 e. The van der Waals surface area contributed by atoms with E-state index >= 15 is 4.39 Å². The van der Waals surface area contributed by atoms with E-state index in [0.29, 0.717) is 30.0 Å². The molecule has 4 nitrogen and oxygen atoms in total. The number of ether oxygens (including phenoxy) is 2. The lowest BCUT2D eigenvalue weighted by Gasteiger charge is -2.13. The van der Waals surface area contributed by atoms with Gasteiger partial charge in [0.2, 0.25) is 0 Å². The summed E-state index contributed by atoms with van der Waals surface area (Å²) in [4.78, 5) is 0. The van der Waals surface area contributed by atoms with E-state index in [-0.39, 0.29) is 5.82 Å². The summed E-state index contributed by atoms with van der Waals surface area (Å²) >= 11 is 0. The number of hydrogen-bond donors (Lipinski definition) is 1. The van der Waals surface area contributed by atoms with E-state index in [9.17, 15) is 0 Å². The summed E-state index contributed by atoms with van der Waals surface area (Å²) in [6.07, 6.45) is 3.62. The van der Waals surface area contributed by atoms with Crippen LogP contribution >= 0.6 is 0 Å². The molecule has 0 unspecified atom stereocenters. The molecule has 39 heavy (non-hydrogen) atoms. The maximum Gasteiger partial charge on any atom is 0.156 e. The Hall–Kier alpha value is -4.09. The number of methoxy groups -OCH3 is 1. The molecule has 0 bridgehead atoms. The fourth-order valence-electron chi connectivity index (χ4n) is 5.02. The van der Waals surface area contributed by atoms with Gasteiger partial charge in [-0.3, -0.25) is 0 Å². The predicted molar refractivity (Wildman–Crippen MR) is 155 cm³/mol. The van der Waals surface area contributed by atoms with Crippen LogP contribution in [0.15, 0.2) is 97.1 Å². The molecular weight excluding hydrogens is 487 g/mol. The molecule has 5 heteroatoms. The molecule has 1 aliphatic rings. The van der Waals surface area contributed by atoms with Crippen LogP contribution < -0.4 is 14.8 Å². The van der Waals surface area contributed by atoms with Gasteiger partial charge in [0, 0.05) is 23.5 Å². The summed E-state index contributed by atoms with van der Waals surface area (Å²) < 4.78 is 29.6. The molecule has 0 amide bonds. The van der Waals surface area contributed by atoms with Crippen molar-refractivity contribution in [1.82, 2.24) is 9.88 Å². The molecule has 0 atom stereocenters. The molecule has 1 aromatic heterocycles. The lowest BCUT2D eigenvalue weighted by molar-refractivity contribution is 0.306. The van der Waals surface area contributed by atoms with Crippen molar-refractivity contribution >= 4 is 10.9 Å². The van der Waals surface area contributed by atoms with Crippen molar-refractivity contribution in [3.8, 4) is 22.8 Å². The molecule has 6 rings (SSSR count). The highest BCUT2D eigenvalue weighted by atomic mass is 19.1. The van der Waals surface area contributed by atoms with Gasteiger partial charge in [-0.05, 0) is 85.0 Å². The first-order valence-corrected chi connectivity index (χ1v) is 13.6.